The van der Waals surface area contributed by atoms with Gasteiger partial charge in [-0.2, -0.15) is 0 Å². The van der Waals surface area contributed by atoms with Gasteiger partial charge in [0, 0.05) is 6.20 Å². The fourth-order valence-corrected chi connectivity index (χ4v) is 4.87. The molecule has 6 rings (SSSR count). The molecule has 27 heavy (non-hydrogen) atoms. The van der Waals surface area contributed by atoms with Crippen molar-refractivity contribution in [2.45, 2.75) is 76.4 Å². The van der Waals surface area contributed by atoms with Crippen molar-refractivity contribution in [2.75, 3.05) is 0 Å². The molecule has 0 unspecified atom stereocenters. The van der Waals surface area contributed by atoms with E-state index >= 15 is 0 Å². The number of hydrogen-bond acceptors (Lipinski definition) is 3. The Balaban J connectivity index is 1.48. The quantitative estimate of drug-likeness (QED) is 0.720. The van der Waals surface area contributed by atoms with Gasteiger partial charge in [0.15, 0.2) is 0 Å². The smallest absolute Gasteiger partial charge is 0.399 e. The van der Waals surface area contributed by atoms with E-state index in [1.165, 1.54) is 31.2 Å². The summed E-state index contributed by atoms with van der Waals surface area (Å²) >= 11 is 0. The first kappa shape index (κ1) is 17.5. The molecule has 1 saturated heterocycles. The molecule has 3 nitrogen and oxygen atoms in total. The first-order valence-electron chi connectivity index (χ1n) is 10.3. The van der Waals surface area contributed by atoms with Crippen LogP contribution in [0.1, 0.15) is 76.3 Å². The highest BCUT2D eigenvalue weighted by Crippen LogP contribution is 2.49. The first-order valence-corrected chi connectivity index (χ1v) is 10.3. The fourth-order valence-electron chi connectivity index (χ4n) is 4.87. The maximum atomic E-state index is 6.23. The van der Waals surface area contributed by atoms with Gasteiger partial charge in [-0.05, 0) is 93.4 Å². The lowest BCUT2D eigenvalue weighted by Gasteiger charge is -2.38. The van der Waals surface area contributed by atoms with E-state index in [4.69, 9.17) is 14.3 Å². The van der Waals surface area contributed by atoms with Crippen molar-refractivity contribution in [3.8, 4) is 11.3 Å². The second kappa shape index (κ2) is 5.92. The molecule has 4 aliphatic rings. The van der Waals surface area contributed by atoms with Crippen molar-refractivity contribution < 1.29 is 9.31 Å². The third-order valence-corrected chi connectivity index (χ3v) is 7.28. The molecule has 140 valence electrons. The zero-order valence-corrected chi connectivity index (χ0v) is 16.8. The van der Waals surface area contributed by atoms with E-state index in [2.05, 4.69) is 64.2 Å². The van der Waals surface area contributed by atoms with Gasteiger partial charge >= 0.3 is 7.12 Å². The van der Waals surface area contributed by atoms with Crippen molar-refractivity contribution in [3.63, 3.8) is 0 Å². The van der Waals surface area contributed by atoms with Gasteiger partial charge in [0.2, 0.25) is 0 Å². The Morgan fingerprint density at radius 2 is 1.52 bits per heavy atom. The molecule has 0 amide bonds. The van der Waals surface area contributed by atoms with Crippen LogP contribution in [0.3, 0.4) is 0 Å². The number of hydrogen-bond donors (Lipinski definition) is 0. The summed E-state index contributed by atoms with van der Waals surface area (Å²) in [5, 5.41) is 0. The largest absolute Gasteiger partial charge is 0.494 e. The van der Waals surface area contributed by atoms with E-state index in [0.717, 1.165) is 28.6 Å². The van der Waals surface area contributed by atoms with Gasteiger partial charge < -0.3 is 9.31 Å². The Kier molecular flexibility index (Phi) is 3.83. The molecule has 2 heterocycles. The van der Waals surface area contributed by atoms with Crippen LogP contribution in [0.4, 0.5) is 0 Å². The van der Waals surface area contributed by atoms with Gasteiger partial charge in [0.05, 0.1) is 16.9 Å². The monoisotopic (exact) mass is 361 g/mol. The summed E-state index contributed by atoms with van der Waals surface area (Å²) in [5.74, 6) is 1.47. The summed E-state index contributed by atoms with van der Waals surface area (Å²) < 4.78 is 12.5. The number of pyridine rings is 1. The molecule has 1 aliphatic heterocycles. The van der Waals surface area contributed by atoms with Crippen LogP contribution in [0.25, 0.3) is 11.3 Å². The molecular weight excluding hydrogens is 333 g/mol. The maximum Gasteiger partial charge on any atom is 0.494 e. The molecule has 0 radical (unpaired) electrons. The van der Waals surface area contributed by atoms with Crippen LogP contribution in [-0.2, 0) is 9.31 Å². The molecule has 3 aliphatic carbocycles. The Morgan fingerprint density at radius 1 is 0.889 bits per heavy atom. The van der Waals surface area contributed by atoms with Crippen molar-refractivity contribution in [1.82, 2.24) is 4.98 Å². The molecule has 4 heteroatoms. The predicted molar refractivity (Wildman–Crippen MR) is 109 cm³/mol. The van der Waals surface area contributed by atoms with Gasteiger partial charge in [-0.25, -0.2) is 0 Å². The molecule has 1 saturated carbocycles. The average molecular weight is 361 g/mol. The van der Waals surface area contributed by atoms with Gasteiger partial charge in [-0.15, -0.1) is 0 Å². The minimum Gasteiger partial charge on any atom is -0.399 e. The maximum absolute atomic E-state index is 6.23. The number of rotatable bonds is 2. The van der Waals surface area contributed by atoms with E-state index in [1.54, 1.807) is 5.56 Å². The zero-order valence-electron chi connectivity index (χ0n) is 16.8. The van der Waals surface area contributed by atoms with Crippen LogP contribution in [0.15, 0.2) is 36.5 Å². The minimum atomic E-state index is -0.330. The third kappa shape index (κ3) is 2.76. The van der Waals surface area contributed by atoms with Gasteiger partial charge in [-0.1, -0.05) is 24.3 Å². The molecule has 1 aromatic heterocycles. The van der Waals surface area contributed by atoms with Crippen LogP contribution in [-0.4, -0.2) is 23.3 Å². The summed E-state index contributed by atoms with van der Waals surface area (Å²) in [6.07, 6.45) is 7.51. The fraction of sp³-hybridized carbons (Fsp3) is 0.522. The van der Waals surface area contributed by atoms with Gasteiger partial charge in [-0.3, -0.25) is 4.98 Å². The van der Waals surface area contributed by atoms with E-state index < -0.39 is 0 Å². The van der Waals surface area contributed by atoms with E-state index in [-0.39, 0.29) is 18.3 Å². The van der Waals surface area contributed by atoms with Gasteiger partial charge in [0.25, 0.3) is 0 Å². The molecule has 2 aromatic rings. The number of benzene rings is 1. The first-order chi connectivity index (χ1) is 12.8. The van der Waals surface area contributed by atoms with Crippen LogP contribution in [0.5, 0.6) is 0 Å². The Labute approximate surface area is 162 Å². The molecular formula is C23H28BNO2. The Hall–Kier alpha value is -1.65. The summed E-state index contributed by atoms with van der Waals surface area (Å²) in [4.78, 5) is 4.82. The number of nitrogens with zero attached hydrogens (tertiary/aromatic N) is 1. The van der Waals surface area contributed by atoms with Crippen LogP contribution < -0.4 is 5.46 Å². The molecule has 0 atom stereocenters. The van der Waals surface area contributed by atoms with Crippen LogP contribution >= 0.6 is 0 Å². The van der Waals surface area contributed by atoms with Gasteiger partial charge in [0.1, 0.15) is 0 Å². The lowest BCUT2D eigenvalue weighted by molar-refractivity contribution is 0.00578. The second-order valence-corrected chi connectivity index (χ2v) is 9.46. The highest BCUT2D eigenvalue weighted by molar-refractivity contribution is 6.62. The number of aromatic nitrogens is 1. The highest BCUT2D eigenvalue weighted by atomic mass is 16.7. The van der Waals surface area contributed by atoms with Crippen molar-refractivity contribution >= 4 is 12.6 Å². The van der Waals surface area contributed by atoms with Crippen LogP contribution in [0, 0.1) is 0 Å². The second-order valence-electron chi connectivity index (χ2n) is 9.46. The summed E-state index contributed by atoms with van der Waals surface area (Å²) in [6.45, 7) is 8.38. The Bertz CT molecular complexity index is 868. The minimum absolute atomic E-state index is 0.322. The molecule has 0 N–H and O–H groups in total. The highest BCUT2D eigenvalue weighted by Gasteiger charge is 2.51. The van der Waals surface area contributed by atoms with E-state index in [1.807, 2.05) is 0 Å². The lowest BCUT2D eigenvalue weighted by atomic mass is 9.67. The standard InChI is InChI=1S/C23H28BNO2/c1-22(2)23(3,4)27-24(26-22)18-7-5-6-17(12-18)21-13-19-15-8-10-16(11-9-15)20(19)14-25-21/h5-7,12-16H,8-11H2,1-4H3. The summed E-state index contributed by atoms with van der Waals surface area (Å²) in [7, 11) is -0.330. The van der Waals surface area contributed by atoms with Crippen LogP contribution in [0.2, 0.25) is 0 Å². The summed E-state index contributed by atoms with van der Waals surface area (Å²) in [6, 6.07) is 10.8. The topological polar surface area (TPSA) is 31.4 Å². The normalized spacial score (nSPS) is 27.6. The van der Waals surface area contributed by atoms with Crippen molar-refractivity contribution in [2.24, 2.45) is 0 Å². The average Bonchev–Trinajstić information content (AvgIpc) is 2.90. The molecule has 1 aromatic carbocycles. The zero-order chi connectivity index (χ0) is 18.8. The molecule has 2 fully saturated rings. The Morgan fingerprint density at radius 3 is 2.19 bits per heavy atom. The lowest BCUT2D eigenvalue weighted by Crippen LogP contribution is -2.41. The van der Waals surface area contributed by atoms with Crippen molar-refractivity contribution in [1.29, 1.82) is 0 Å². The molecule has 2 bridgehead atoms. The predicted octanol–water partition coefficient (Wildman–Crippen LogP) is 4.80. The van der Waals surface area contributed by atoms with Crippen molar-refractivity contribution in [3.05, 3.63) is 47.7 Å². The summed E-state index contributed by atoms with van der Waals surface area (Å²) in [5.41, 5.74) is 5.68. The molecule has 0 spiro atoms. The third-order valence-electron chi connectivity index (χ3n) is 7.28. The SMILES string of the molecule is CC1(C)OB(c2cccc(-c3cc4c(cn3)C3CCC4CC3)c2)OC1(C)C. The van der Waals surface area contributed by atoms with E-state index in [0.29, 0.717) is 0 Å². The number of fused-ring (bicyclic) bond motifs is 2. The van der Waals surface area contributed by atoms with E-state index in [9.17, 15) is 0 Å².